The van der Waals surface area contributed by atoms with Crippen molar-refractivity contribution < 1.29 is 9.59 Å². The van der Waals surface area contributed by atoms with Crippen LogP contribution in [0.3, 0.4) is 0 Å². The fourth-order valence-corrected chi connectivity index (χ4v) is 3.73. The minimum atomic E-state index is -0.0915. The van der Waals surface area contributed by atoms with Gasteiger partial charge in [0.15, 0.2) is 0 Å². The van der Waals surface area contributed by atoms with E-state index in [1.165, 1.54) is 6.92 Å². The third-order valence-electron chi connectivity index (χ3n) is 3.80. The molecule has 124 valence electrons. The van der Waals surface area contributed by atoms with Crippen molar-refractivity contribution in [1.82, 2.24) is 4.90 Å². The summed E-state index contributed by atoms with van der Waals surface area (Å²) in [7, 11) is 0. The van der Waals surface area contributed by atoms with Gasteiger partial charge in [-0.15, -0.1) is 0 Å². The fraction of sp³-hybridized carbons (Fsp3) is 0.444. The van der Waals surface area contributed by atoms with Crippen molar-refractivity contribution in [2.75, 3.05) is 24.2 Å². The molecule has 0 aromatic heterocycles. The minimum Gasteiger partial charge on any atom is -0.337 e. The van der Waals surface area contributed by atoms with Crippen LogP contribution >= 0.6 is 11.8 Å². The first-order chi connectivity index (χ1) is 11.0. The first-order valence-electron chi connectivity index (χ1n) is 7.92. The van der Waals surface area contributed by atoms with E-state index < -0.39 is 0 Å². The van der Waals surface area contributed by atoms with Gasteiger partial charge in [0.1, 0.15) is 0 Å². The van der Waals surface area contributed by atoms with Gasteiger partial charge >= 0.3 is 0 Å². The lowest BCUT2D eigenvalue weighted by atomic mass is 10.1. The van der Waals surface area contributed by atoms with Gasteiger partial charge in [-0.2, -0.15) is 11.8 Å². The van der Waals surface area contributed by atoms with Gasteiger partial charge < -0.3 is 10.2 Å². The average Bonchev–Trinajstić information content (AvgIpc) is 2.53. The van der Waals surface area contributed by atoms with Crippen molar-refractivity contribution in [3.05, 3.63) is 35.9 Å². The molecule has 1 aliphatic rings. The van der Waals surface area contributed by atoms with Crippen LogP contribution in [-0.4, -0.2) is 40.8 Å². The standard InChI is InChI=1S/C18H24N2O2S/c1-13(2)17-12-20(10-11-23-17)18(22)9-6-15-4-7-16(8-5-15)19-14(3)21/h4-9,13,17H,10-12H2,1-3H3,(H,19,21). The Labute approximate surface area is 142 Å². The molecule has 1 N–H and O–H groups in total. The molecule has 0 radical (unpaired) electrons. The normalized spacial score (nSPS) is 18.4. The number of nitrogens with one attached hydrogen (secondary N) is 1. The summed E-state index contributed by atoms with van der Waals surface area (Å²) in [5.41, 5.74) is 1.70. The Morgan fingerprint density at radius 3 is 2.61 bits per heavy atom. The molecule has 1 heterocycles. The first kappa shape index (κ1) is 17.6. The number of thioether (sulfide) groups is 1. The summed E-state index contributed by atoms with van der Waals surface area (Å²) >= 11 is 1.96. The summed E-state index contributed by atoms with van der Waals surface area (Å²) < 4.78 is 0. The molecule has 1 fully saturated rings. The van der Waals surface area contributed by atoms with E-state index in [0.29, 0.717) is 11.2 Å². The van der Waals surface area contributed by atoms with Gasteiger partial charge in [0, 0.05) is 42.8 Å². The van der Waals surface area contributed by atoms with Crippen molar-refractivity contribution in [3.8, 4) is 0 Å². The van der Waals surface area contributed by atoms with E-state index in [9.17, 15) is 9.59 Å². The van der Waals surface area contributed by atoms with E-state index in [0.717, 1.165) is 30.1 Å². The lowest BCUT2D eigenvalue weighted by molar-refractivity contribution is -0.126. The highest BCUT2D eigenvalue weighted by Crippen LogP contribution is 2.25. The lowest BCUT2D eigenvalue weighted by Gasteiger charge is -2.33. The third kappa shape index (κ3) is 5.43. The number of carbonyl (C=O) groups excluding carboxylic acids is 2. The quantitative estimate of drug-likeness (QED) is 0.861. The molecule has 1 aromatic rings. The monoisotopic (exact) mass is 332 g/mol. The number of rotatable bonds is 4. The second kappa shape index (κ2) is 8.20. The molecule has 23 heavy (non-hydrogen) atoms. The van der Waals surface area contributed by atoms with Gasteiger partial charge in [-0.1, -0.05) is 26.0 Å². The van der Waals surface area contributed by atoms with Gasteiger partial charge in [0.05, 0.1) is 0 Å². The van der Waals surface area contributed by atoms with Crippen LogP contribution in [0.1, 0.15) is 26.3 Å². The SMILES string of the molecule is CC(=O)Nc1ccc(C=CC(=O)N2CCSC(C(C)C)C2)cc1. The second-order valence-corrected chi connectivity index (χ2v) is 7.42. The molecule has 0 saturated carbocycles. The number of benzene rings is 1. The predicted molar refractivity (Wildman–Crippen MR) is 97.4 cm³/mol. The molecule has 2 rings (SSSR count). The second-order valence-electron chi connectivity index (χ2n) is 6.07. The van der Waals surface area contributed by atoms with Crippen LogP contribution < -0.4 is 5.32 Å². The van der Waals surface area contributed by atoms with E-state index in [2.05, 4.69) is 19.2 Å². The van der Waals surface area contributed by atoms with Crippen LogP contribution in [0.15, 0.2) is 30.3 Å². The van der Waals surface area contributed by atoms with Crippen molar-refractivity contribution in [3.63, 3.8) is 0 Å². The molecule has 0 spiro atoms. The Morgan fingerprint density at radius 1 is 1.30 bits per heavy atom. The summed E-state index contributed by atoms with van der Waals surface area (Å²) in [6.45, 7) is 7.54. The molecule has 0 bridgehead atoms. The molecule has 0 aliphatic carbocycles. The van der Waals surface area contributed by atoms with E-state index in [1.807, 2.05) is 47.0 Å². The van der Waals surface area contributed by atoms with Gasteiger partial charge in [-0.25, -0.2) is 0 Å². The maximum atomic E-state index is 12.3. The summed E-state index contributed by atoms with van der Waals surface area (Å²) in [5, 5.41) is 3.25. The summed E-state index contributed by atoms with van der Waals surface area (Å²) in [6, 6.07) is 7.44. The van der Waals surface area contributed by atoms with Crippen molar-refractivity contribution >= 4 is 35.3 Å². The maximum Gasteiger partial charge on any atom is 0.246 e. The van der Waals surface area contributed by atoms with Gasteiger partial charge in [-0.3, -0.25) is 9.59 Å². The van der Waals surface area contributed by atoms with Crippen LogP contribution in [0, 0.1) is 5.92 Å². The van der Waals surface area contributed by atoms with Gasteiger partial charge in [-0.05, 0) is 29.7 Å². The average molecular weight is 332 g/mol. The van der Waals surface area contributed by atoms with Crippen LogP contribution in [0.5, 0.6) is 0 Å². The topological polar surface area (TPSA) is 49.4 Å². The zero-order valence-corrected chi connectivity index (χ0v) is 14.7. The molecule has 1 aliphatic heterocycles. The van der Waals surface area contributed by atoms with Crippen LogP contribution in [0.2, 0.25) is 0 Å². The molecular weight excluding hydrogens is 308 g/mol. The molecule has 2 amide bonds. The molecule has 4 nitrogen and oxygen atoms in total. The molecule has 1 unspecified atom stereocenters. The predicted octanol–water partition coefficient (Wildman–Crippen LogP) is 3.26. The summed E-state index contributed by atoms with van der Waals surface area (Å²) in [4.78, 5) is 25.2. The zero-order valence-electron chi connectivity index (χ0n) is 13.9. The number of hydrogen-bond acceptors (Lipinski definition) is 3. The summed E-state index contributed by atoms with van der Waals surface area (Å²) in [6.07, 6.45) is 3.47. The largest absolute Gasteiger partial charge is 0.337 e. The molecule has 1 saturated heterocycles. The Bertz CT molecular complexity index is 581. The highest BCUT2D eigenvalue weighted by atomic mass is 32.2. The smallest absolute Gasteiger partial charge is 0.246 e. The Balaban J connectivity index is 1.93. The number of carbonyl (C=O) groups is 2. The Morgan fingerprint density at radius 2 is 2.00 bits per heavy atom. The van der Waals surface area contributed by atoms with Crippen LogP contribution in [-0.2, 0) is 9.59 Å². The van der Waals surface area contributed by atoms with Crippen molar-refractivity contribution in [2.24, 2.45) is 5.92 Å². The zero-order chi connectivity index (χ0) is 16.8. The lowest BCUT2D eigenvalue weighted by Crippen LogP contribution is -2.42. The first-order valence-corrected chi connectivity index (χ1v) is 8.97. The molecular formula is C18H24N2O2S. The number of anilines is 1. The van der Waals surface area contributed by atoms with Gasteiger partial charge in [0.2, 0.25) is 11.8 Å². The van der Waals surface area contributed by atoms with Crippen LogP contribution in [0.25, 0.3) is 6.08 Å². The summed E-state index contributed by atoms with van der Waals surface area (Å²) in [5.74, 6) is 1.57. The fourth-order valence-electron chi connectivity index (χ4n) is 2.43. The molecule has 1 aromatic carbocycles. The highest BCUT2D eigenvalue weighted by molar-refractivity contribution is 8.00. The van der Waals surface area contributed by atoms with E-state index >= 15 is 0 Å². The van der Waals surface area contributed by atoms with E-state index in [-0.39, 0.29) is 11.8 Å². The Kier molecular flexibility index (Phi) is 6.28. The van der Waals surface area contributed by atoms with Crippen molar-refractivity contribution in [1.29, 1.82) is 0 Å². The molecule has 5 heteroatoms. The minimum absolute atomic E-state index is 0.0712. The number of amides is 2. The highest BCUT2D eigenvalue weighted by Gasteiger charge is 2.24. The Hall–Kier alpha value is -1.75. The van der Waals surface area contributed by atoms with Gasteiger partial charge in [0.25, 0.3) is 0 Å². The molecule has 1 atom stereocenters. The maximum absolute atomic E-state index is 12.3. The third-order valence-corrected chi connectivity index (χ3v) is 5.34. The number of hydrogen-bond donors (Lipinski definition) is 1. The van der Waals surface area contributed by atoms with E-state index in [1.54, 1.807) is 6.08 Å². The van der Waals surface area contributed by atoms with E-state index in [4.69, 9.17) is 0 Å². The van der Waals surface area contributed by atoms with Crippen LogP contribution in [0.4, 0.5) is 5.69 Å². The van der Waals surface area contributed by atoms with Crippen molar-refractivity contribution in [2.45, 2.75) is 26.0 Å². The number of nitrogens with zero attached hydrogens (tertiary/aromatic N) is 1.